The fraction of sp³-hybridized carbons (Fsp3) is 0.0833. The van der Waals surface area contributed by atoms with Gasteiger partial charge in [-0.25, -0.2) is 4.98 Å². The molecule has 0 saturated carbocycles. The third-order valence-electron chi connectivity index (χ3n) is 2.11. The first-order valence-electron chi connectivity index (χ1n) is 4.83. The molecule has 0 radical (unpaired) electrons. The molecule has 5 heteroatoms. The highest BCUT2D eigenvalue weighted by atomic mass is 79.9. The van der Waals surface area contributed by atoms with Crippen LogP contribution in [0.25, 0.3) is 0 Å². The van der Waals surface area contributed by atoms with Crippen molar-refractivity contribution in [3.8, 4) is 5.75 Å². The number of hydrogen-bond donors (Lipinski definition) is 0. The van der Waals surface area contributed by atoms with E-state index in [1.165, 1.54) is 18.3 Å². The maximum absolute atomic E-state index is 12.6. The SMILES string of the molecule is Fc1ccc(OCc2ccc(Br)cc2Cl)cn1. The molecule has 0 aliphatic heterocycles. The molecule has 2 rings (SSSR count). The summed E-state index contributed by atoms with van der Waals surface area (Å²) in [7, 11) is 0. The van der Waals surface area contributed by atoms with Crippen LogP contribution in [-0.2, 0) is 6.61 Å². The molecule has 0 fully saturated rings. The van der Waals surface area contributed by atoms with E-state index in [1.807, 2.05) is 12.1 Å². The van der Waals surface area contributed by atoms with Gasteiger partial charge in [-0.3, -0.25) is 0 Å². The lowest BCUT2D eigenvalue weighted by Gasteiger charge is -2.07. The van der Waals surface area contributed by atoms with Crippen LogP contribution in [0.3, 0.4) is 0 Å². The summed E-state index contributed by atoms with van der Waals surface area (Å²) < 4.78 is 18.9. The fourth-order valence-corrected chi connectivity index (χ4v) is 1.98. The summed E-state index contributed by atoms with van der Waals surface area (Å²) in [6.07, 6.45) is 1.34. The number of benzene rings is 1. The number of ether oxygens (including phenoxy) is 1. The van der Waals surface area contributed by atoms with Gasteiger partial charge in [-0.2, -0.15) is 4.39 Å². The molecule has 0 saturated heterocycles. The average Bonchev–Trinajstić information content (AvgIpc) is 2.30. The molecule has 0 amide bonds. The Morgan fingerprint density at radius 2 is 2.12 bits per heavy atom. The predicted molar refractivity (Wildman–Crippen MR) is 67.7 cm³/mol. The van der Waals surface area contributed by atoms with E-state index in [9.17, 15) is 4.39 Å². The summed E-state index contributed by atoms with van der Waals surface area (Å²) in [6.45, 7) is 0.319. The minimum absolute atomic E-state index is 0.319. The first-order valence-corrected chi connectivity index (χ1v) is 6.00. The van der Waals surface area contributed by atoms with Gasteiger partial charge >= 0.3 is 0 Å². The van der Waals surface area contributed by atoms with E-state index in [1.54, 1.807) is 6.07 Å². The van der Waals surface area contributed by atoms with Gasteiger partial charge in [0.05, 0.1) is 6.20 Å². The molecule has 1 aromatic carbocycles. The zero-order chi connectivity index (χ0) is 12.3. The molecule has 17 heavy (non-hydrogen) atoms. The smallest absolute Gasteiger partial charge is 0.213 e. The molecule has 0 atom stereocenters. The van der Waals surface area contributed by atoms with Crippen LogP contribution in [0.1, 0.15) is 5.56 Å². The Labute approximate surface area is 112 Å². The van der Waals surface area contributed by atoms with Crippen molar-refractivity contribution in [3.05, 3.63) is 57.5 Å². The normalized spacial score (nSPS) is 10.3. The monoisotopic (exact) mass is 315 g/mol. The Bertz CT molecular complexity index is 518. The summed E-state index contributed by atoms with van der Waals surface area (Å²) in [5.74, 6) is -0.0237. The number of rotatable bonds is 3. The minimum Gasteiger partial charge on any atom is -0.487 e. The van der Waals surface area contributed by atoms with Crippen LogP contribution in [0.4, 0.5) is 4.39 Å². The number of hydrogen-bond acceptors (Lipinski definition) is 2. The van der Waals surface area contributed by atoms with Crippen LogP contribution in [0.15, 0.2) is 41.0 Å². The van der Waals surface area contributed by atoms with Crippen molar-refractivity contribution in [2.24, 2.45) is 0 Å². The molecule has 0 aliphatic carbocycles. The summed E-state index contributed by atoms with van der Waals surface area (Å²) in [4.78, 5) is 3.50. The van der Waals surface area contributed by atoms with Crippen molar-refractivity contribution >= 4 is 27.5 Å². The second-order valence-corrected chi connectivity index (χ2v) is 4.66. The van der Waals surface area contributed by atoms with Gasteiger partial charge in [-0.05, 0) is 24.3 Å². The topological polar surface area (TPSA) is 22.1 Å². The zero-order valence-electron chi connectivity index (χ0n) is 8.66. The van der Waals surface area contributed by atoms with Crippen LogP contribution in [0, 0.1) is 5.95 Å². The number of aromatic nitrogens is 1. The van der Waals surface area contributed by atoms with Gasteiger partial charge in [0.15, 0.2) is 0 Å². The molecule has 0 spiro atoms. The molecule has 2 nitrogen and oxygen atoms in total. The van der Waals surface area contributed by atoms with Crippen LogP contribution < -0.4 is 4.74 Å². The molecule has 88 valence electrons. The first-order chi connectivity index (χ1) is 8.15. The van der Waals surface area contributed by atoms with E-state index in [0.29, 0.717) is 17.4 Å². The number of pyridine rings is 1. The van der Waals surface area contributed by atoms with Crippen molar-refractivity contribution in [2.75, 3.05) is 0 Å². The molecular formula is C12H8BrClFNO. The van der Waals surface area contributed by atoms with Crippen LogP contribution in [-0.4, -0.2) is 4.98 Å². The summed E-state index contributed by atoms with van der Waals surface area (Å²) in [5.41, 5.74) is 0.860. The van der Waals surface area contributed by atoms with Crippen LogP contribution in [0.5, 0.6) is 5.75 Å². The number of halogens is 3. The van der Waals surface area contributed by atoms with E-state index < -0.39 is 5.95 Å². The largest absolute Gasteiger partial charge is 0.487 e. The van der Waals surface area contributed by atoms with Gasteiger partial charge in [0.2, 0.25) is 5.95 Å². The van der Waals surface area contributed by atoms with E-state index in [-0.39, 0.29) is 0 Å². The lowest BCUT2D eigenvalue weighted by molar-refractivity contribution is 0.304. The van der Waals surface area contributed by atoms with Crippen molar-refractivity contribution in [3.63, 3.8) is 0 Å². The Morgan fingerprint density at radius 1 is 1.29 bits per heavy atom. The summed E-state index contributed by atoms with van der Waals surface area (Å²) in [6, 6.07) is 8.31. The van der Waals surface area contributed by atoms with Crippen molar-refractivity contribution in [1.29, 1.82) is 0 Å². The van der Waals surface area contributed by atoms with Gasteiger partial charge in [0, 0.05) is 15.1 Å². The second-order valence-electron chi connectivity index (χ2n) is 3.34. The van der Waals surface area contributed by atoms with Gasteiger partial charge < -0.3 is 4.74 Å². The Kier molecular flexibility index (Phi) is 3.97. The molecule has 1 aromatic heterocycles. The first kappa shape index (κ1) is 12.3. The fourth-order valence-electron chi connectivity index (χ4n) is 1.25. The average molecular weight is 317 g/mol. The van der Waals surface area contributed by atoms with Crippen molar-refractivity contribution < 1.29 is 9.13 Å². The van der Waals surface area contributed by atoms with Gasteiger partial charge in [-0.15, -0.1) is 0 Å². The molecule has 0 bridgehead atoms. The molecule has 0 aliphatic rings. The van der Waals surface area contributed by atoms with Gasteiger partial charge in [-0.1, -0.05) is 33.6 Å². The molecular weight excluding hydrogens is 308 g/mol. The standard InChI is InChI=1S/C12H8BrClFNO/c13-9-2-1-8(11(14)5-9)7-17-10-3-4-12(15)16-6-10/h1-6H,7H2. The predicted octanol–water partition coefficient (Wildman–Crippen LogP) is 4.22. The highest BCUT2D eigenvalue weighted by Gasteiger charge is 2.02. The van der Waals surface area contributed by atoms with Crippen LogP contribution >= 0.6 is 27.5 Å². The second kappa shape index (κ2) is 5.47. The molecule has 1 heterocycles. The lowest BCUT2D eigenvalue weighted by atomic mass is 10.2. The zero-order valence-corrected chi connectivity index (χ0v) is 11.0. The molecule has 0 N–H and O–H groups in total. The third kappa shape index (κ3) is 3.41. The van der Waals surface area contributed by atoms with E-state index in [4.69, 9.17) is 16.3 Å². The quantitative estimate of drug-likeness (QED) is 0.791. The Morgan fingerprint density at radius 3 is 2.76 bits per heavy atom. The Balaban J connectivity index is 2.04. The van der Waals surface area contributed by atoms with E-state index in [2.05, 4.69) is 20.9 Å². The lowest BCUT2D eigenvalue weighted by Crippen LogP contribution is -1.97. The Hall–Kier alpha value is -1.13. The minimum atomic E-state index is -0.529. The summed E-state index contributed by atoms with van der Waals surface area (Å²) in [5, 5.41) is 0.620. The van der Waals surface area contributed by atoms with Crippen molar-refractivity contribution in [1.82, 2.24) is 4.98 Å². The molecule has 2 aromatic rings. The van der Waals surface area contributed by atoms with E-state index in [0.717, 1.165) is 10.0 Å². The number of nitrogens with zero attached hydrogens (tertiary/aromatic N) is 1. The highest BCUT2D eigenvalue weighted by Crippen LogP contribution is 2.22. The maximum atomic E-state index is 12.6. The van der Waals surface area contributed by atoms with Crippen molar-refractivity contribution in [2.45, 2.75) is 6.61 Å². The maximum Gasteiger partial charge on any atom is 0.213 e. The van der Waals surface area contributed by atoms with E-state index >= 15 is 0 Å². The van der Waals surface area contributed by atoms with Gasteiger partial charge in [0.1, 0.15) is 12.4 Å². The van der Waals surface area contributed by atoms with Crippen LogP contribution in [0.2, 0.25) is 5.02 Å². The summed E-state index contributed by atoms with van der Waals surface area (Å²) >= 11 is 9.36. The van der Waals surface area contributed by atoms with Gasteiger partial charge in [0.25, 0.3) is 0 Å². The highest BCUT2D eigenvalue weighted by molar-refractivity contribution is 9.10. The third-order valence-corrected chi connectivity index (χ3v) is 2.95. The molecule has 0 unspecified atom stereocenters.